The first-order valence-electron chi connectivity index (χ1n) is 6.73. The molecule has 1 fully saturated rings. The SMILES string of the molecule is Cc1ccc(S(=O)(=O)[C@@H]2[C@@H](N)[C@@H]2c2cccc(F)c2)cc1. The van der Waals surface area contributed by atoms with Crippen molar-refractivity contribution < 1.29 is 12.8 Å². The fraction of sp³-hybridized carbons (Fsp3) is 0.250. The van der Waals surface area contributed by atoms with Gasteiger partial charge in [-0.05, 0) is 36.8 Å². The predicted molar refractivity (Wildman–Crippen MR) is 79.3 cm³/mol. The van der Waals surface area contributed by atoms with Crippen LogP contribution in [0.2, 0.25) is 0 Å². The van der Waals surface area contributed by atoms with Gasteiger partial charge in [-0.3, -0.25) is 0 Å². The molecule has 0 heterocycles. The largest absolute Gasteiger partial charge is 0.326 e. The number of hydrogen-bond acceptors (Lipinski definition) is 3. The molecule has 3 atom stereocenters. The van der Waals surface area contributed by atoms with Crippen LogP contribution in [0.5, 0.6) is 0 Å². The van der Waals surface area contributed by atoms with Crippen molar-refractivity contribution in [3.05, 3.63) is 65.5 Å². The van der Waals surface area contributed by atoms with Crippen LogP contribution in [0.15, 0.2) is 53.4 Å². The fourth-order valence-corrected chi connectivity index (χ4v) is 4.76. The molecule has 1 aliphatic carbocycles. The monoisotopic (exact) mass is 305 g/mol. The van der Waals surface area contributed by atoms with Gasteiger partial charge in [0.2, 0.25) is 0 Å². The lowest BCUT2D eigenvalue weighted by molar-refractivity contribution is 0.593. The Labute approximate surface area is 123 Å². The summed E-state index contributed by atoms with van der Waals surface area (Å²) < 4.78 is 38.5. The highest BCUT2D eigenvalue weighted by Crippen LogP contribution is 2.47. The van der Waals surface area contributed by atoms with E-state index in [1.54, 1.807) is 36.4 Å². The van der Waals surface area contributed by atoms with Gasteiger partial charge in [0.25, 0.3) is 0 Å². The Hall–Kier alpha value is -1.72. The molecular formula is C16H16FNO2S. The third-order valence-electron chi connectivity index (χ3n) is 3.95. The van der Waals surface area contributed by atoms with Gasteiger partial charge in [0, 0.05) is 12.0 Å². The minimum absolute atomic E-state index is 0.271. The van der Waals surface area contributed by atoms with Gasteiger partial charge in [0.15, 0.2) is 9.84 Å². The van der Waals surface area contributed by atoms with E-state index in [4.69, 9.17) is 5.73 Å². The summed E-state index contributed by atoms with van der Waals surface area (Å²) in [5.41, 5.74) is 7.58. The van der Waals surface area contributed by atoms with Crippen molar-refractivity contribution in [3.8, 4) is 0 Å². The Morgan fingerprint density at radius 2 is 1.76 bits per heavy atom. The summed E-state index contributed by atoms with van der Waals surface area (Å²) in [4.78, 5) is 0.271. The van der Waals surface area contributed by atoms with E-state index >= 15 is 0 Å². The van der Waals surface area contributed by atoms with E-state index in [1.165, 1.54) is 12.1 Å². The van der Waals surface area contributed by atoms with E-state index in [0.29, 0.717) is 5.56 Å². The number of aryl methyl sites for hydroxylation is 1. The second-order valence-corrected chi connectivity index (χ2v) is 7.59. The quantitative estimate of drug-likeness (QED) is 0.947. The zero-order valence-electron chi connectivity index (χ0n) is 11.5. The lowest BCUT2D eigenvalue weighted by atomic mass is 10.1. The molecule has 5 heteroatoms. The van der Waals surface area contributed by atoms with Crippen LogP contribution in [0.3, 0.4) is 0 Å². The van der Waals surface area contributed by atoms with Crippen molar-refractivity contribution in [2.24, 2.45) is 5.73 Å². The highest BCUT2D eigenvalue weighted by atomic mass is 32.2. The molecule has 0 bridgehead atoms. The van der Waals surface area contributed by atoms with E-state index in [0.717, 1.165) is 5.56 Å². The third-order valence-corrected chi connectivity index (χ3v) is 6.20. The lowest BCUT2D eigenvalue weighted by Gasteiger charge is -2.04. The molecule has 0 saturated heterocycles. The first-order chi connectivity index (χ1) is 9.91. The summed E-state index contributed by atoms with van der Waals surface area (Å²) >= 11 is 0. The molecule has 3 rings (SSSR count). The second-order valence-electron chi connectivity index (χ2n) is 5.48. The van der Waals surface area contributed by atoms with Crippen molar-refractivity contribution in [2.45, 2.75) is 29.0 Å². The molecule has 0 aromatic heterocycles. The molecule has 0 aliphatic heterocycles. The Morgan fingerprint density at radius 3 is 2.38 bits per heavy atom. The van der Waals surface area contributed by atoms with Crippen molar-refractivity contribution in [2.75, 3.05) is 0 Å². The molecule has 2 N–H and O–H groups in total. The Bertz CT molecular complexity index is 771. The second kappa shape index (κ2) is 4.93. The summed E-state index contributed by atoms with van der Waals surface area (Å²) in [5.74, 6) is -0.718. The predicted octanol–water partition coefficient (Wildman–Crippen LogP) is 2.40. The van der Waals surface area contributed by atoms with Gasteiger partial charge < -0.3 is 5.73 Å². The summed E-state index contributed by atoms with van der Waals surface area (Å²) in [5, 5.41) is -0.679. The minimum Gasteiger partial charge on any atom is -0.326 e. The number of halogens is 1. The molecule has 1 saturated carbocycles. The Balaban J connectivity index is 1.93. The van der Waals surface area contributed by atoms with Crippen LogP contribution in [0.25, 0.3) is 0 Å². The van der Waals surface area contributed by atoms with E-state index in [9.17, 15) is 12.8 Å². The van der Waals surface area contributed by atoms with Crippen molar-refractivity contribution >= 4 is 9.84 Å². The van der Waals surface area contributed by atoms with Crippen molar-refractivity contribution in [3.63, 3.8) is 0 Å². The number of nitrogens with two attached hydrogens (primary N) is 1. The van der Waals surface area contributed by atoms with Crippen LogP contribution in [-0.2, 0) is 9.84 Å². The molecule has 0 unspecified atom stereocenters. The topological polar surface area (TPSA) is 60.2 Å². The zero-order chi connectivity index (χ0) is 15.2. The van der Waals surface area contributed by atoms with Gasteiger partial charge in [-0.25, -0.2) is 12.8 Å². The fourth-order valence-electron chi connectivity index (χ4n) is 2.72. The first kappa shape index (κ1) is 14.2. The van der Waals surface area contributed by atoms with Crippen LogP contribution in [-0.4, -0.2) is 19.7 Å². The van der Waals surface area contributed by atoms with Gasteiger partial charge in [0.05, 0.1) is 10.1 Å². The number of benzene rings is 2. The van der Waals surface area contributed by atoms with Crippen LogP contribution in [0.1, 0.15) is 17.0 Å². The average molecular weight is 305 g/mol. The number of sulfone groups is 1. The summed E-state index contributed by atoms with van der Waals surface area (Å²) in [7, 11) is -3.49. The van der Waals surface area contributed by atoms with Gasteiger partial charge in [-0.15, -0.1) is 0 Å². The maximum atomic E-state index is 13.3. The van der Waals surface area contributed by atoms with Gasteiger partial charge in [-0.2, -0.15) is 0 Å². The Kier molecular flexibility index (Phi) is 3.34. The van der Waals surface area contributed by atoms with Crippen molar-refractivity contribution in [1.29, 1.82) is 0 Å². The lowest BCUT2D eigenvalue weighted by Crippen LogP contribution is -2.15. The first-order valence-corrected chi connectivity index (χ1v) is 8.27. The van der Waals surface area contributed by atoms with E-state index in [-0.39, 0.29) is 16.6 Å². The molecule has 1 aliphatic rings. The molecule has 3 nitrogen and oxygen atoms in total. The molecule has 2 aromatic rings. The van der Waals surface area contributed by atoms with Crippen LogP contribution in [0.4, 0.5) is 4.39 Å². The van der Waals surface area contributed by atoms with Crippen LogP contribution >= 0.6 is 0 Å². The molecule has 110 valence electrons. The molecule has 2 aromatic carbocycles. The highest BCUT2D eigenvalue weighted by molar-refractivity contribution is 7.92. The molecular weight excluding hydrogens is 289 g/mol. The summed E-state index contributed by atoms with van der Waals surface area (Å²) in [6.07, 6.45) is 0. The molecule has 0 radical (unpaired) electrons. The van der Waals surface area contributed by atoms with Gasteiger partial charge >= 0.3 is 0 Å². The minimum atomic E-state index is -3.49. The average Bonchev–Trinajstić information content (AvgIpc) is 3.12. The smallest absolute Gasteiger partial charge is 0.183 e. The zero-order valence-corrected chi connectivity index (χ0v) is 12.3. The molecule has 21 heavy (non-hydrogen) atoms. The molecule has 0 amide bonds. The Morgan fingerprint density at radius 1 is 1.10 bits per heavy atom. The number of rotatable bonds is 3. The van der Waals surface area contributed by atoms with Crippen LogP contribution in [0, 0.1) is 12.7 Å². The van der Waals surface area contributed by atoms with E-state index < -0.39 is 21.1 Å². The van der Waals surface area contributed by atoms with Crippen molar-refractivity contribution in [1.82, 2.24) is 0 Å². The summed E-state index contributed by atoms with van der Waals surface area (Å²) in [6.45, 7) is 1.90. The number of hydrogen-bond donors (Lipinski definition) is 1. The molecule has 0 spiro atoms. The van der Waals surface area contributed by atoms with E-state index in [1.807, 2.05) is 6.92 Å². The van der Waals surface area contributed by atoms with E-state index in [2.05, 4.69) is 0 Å². The summed E-state index contributed by atoms with van der Waals surface area (Å²) in [6, 6.07) is 12.2. The normalized spacial score (nSPS) is 24.8. The van der Waals surface area contributed by atoms with Crippen LogP contribution < -0.4 is 5.73 Å². The maximum Gasteiger partial charge on any atom is 0.183 e. The standard InChI is InChI=1S/C16H16FNO2S/c1-10-5-7-13(8-6-10)21(19,20)16-14(15(16)18)11-3-2-4-12(17)9-11/h2-9,14-16H,18H2,1H3/t14-,15-,16-/m0/s1. The van der Waals surface area contributed by atoms with Gasteiger partial charge in [-0.1, -0.05) is 29.8 Å². The highest BCUT2D eigenvalue weighted by Gasteiger charge is 2.57. The third kappa shape index (κ3) is 2.47. The van der Waals surface area contributed by atoms with Gasteiger partial charge in [0.1, 0.15) is 5.82 Å². The maximum absolute atomic E-state index is 13.3.